The van der Waals surface area contributed by atoms with Crippen molar-refractivity contribution in [3.05, 3.63) is 41.6 Å². The van der Waals surface area contributed by atoms with E-state index in [1.54, 1.807) is 16.8 Å². The minimum Gasteiger partial charge on any atom is -0.368 e. The Hall–Kier alpha value is -3.07. The van der Waals surface area contributed by atoms with E-state index in [0.717, 1.165) is 23.7 Å². The zero-order valence-corrected chi connectivity index (χ0v) is 12.5. The number of nitriles is 1. The number of benzene rings is 1. The second-order valence-electron chi connectivity index (χ2n) is 5.61. The van der Waals surface area contributed by atoms with Crippen LogP contribution in [0.25, 0.3) is 17.0 Å². The number of carbonyl (C=O) groups is 2. The van der Waals surface area contributed by atoms with E-state index in [1.165, 1.54) is 0 Å². The number of primary amides is 1. The first kappa shape index (κ1) is 14.9. The van der Waals surface area contributed by atoms with Crippen molar-refractivity contribution in [3.63, 3.8) is 0 Å². The van der Waals surface area contributed by atoms with Gasteiger partial charge in [-0.15, -0.1) is 0 Å². The van der Waals surface area contributed by atoms with Gasteiger partial charge in [-0.1, -0.05) is 18.2 Å². The van der Waals surface area contributed by atoms with E-state index in [9.17, 15) is 14.9 Å². The van der Waals surface area contributed by atoms with Crippen LogP contribution in [-0.2, 0) is 16.1 Å². The summed E-state index contributed by atoms with van der Waals surface area (Å²) in [5.74, 6) is -0.810. The molecule has 1 saturated carbocycles. The molecule has 1 aliphatic carbocycles. The molecule has 2 aromatic rings. The van der Waals surface area contributed by atoms with Gasteiger partial charge in [-0.05, 0) is 25.0 Å². The quantitative estimate of drug-likeness (QED) is 0.643. The average molecular weight is 308 g/mol. The number of hydrogen-bond acceptors (Lipinski definition) is 3. The third-order valence-electron chi connectivity index (χ3n) is 3.72. The summed E-state index contributed by atoms with van der Waals surface area (Å²) in [6, 6.07) is 9.61. The summed E-state index contributed by atoms with van der Waals surface area (Å²) in [6.45, 7) is 0.0461. The smallest absolute Gasteiger partial charge is 0.262 e. The molecule has 1 aromatic carbocycles. The molecule has 0 atom stereocenters. The molecule has 2 amide bonds. The lowest BCUT2D eigenvalue weighted by molar-refractivity contribution is -0.118. The van der Waals surface area contributed by atoms with Gasteiger partial charge in [0, 0.05) is 28.7 Å². The van der Waals surface area contributed by atoms with Gasteiger partial charge in [-0.2, -0.15) is 5.26 Å². The fourth-order valence-electron chi connectivity index (χ4n) is 2.48. The van der Waals surface area contributed by atoms with Gasteiger partial charge in [-0.3, -0.25) is 9.59 Å². The summed E-state index contributed by atoms with van der Waals surface area (Å²) in [4.78, 5) is 23.3. The number of hydrogen-bond donors (Lipinski definition) is 2. The lowest BCUT2D eigenvalue weighted by Gasteiger charge is -2.00. The number of fused-ring (bicyclic) bond motifs is 1. The van der Waals surface area contributed by atoms with E-state index in [1.807, 2.05) is 30.3 Å². The third kappa shape index (κ3) is 3.24. The van der Waals surface area contributed by atoms with Crippen molar-refractivity contribution in [3.8, 4) is 6.07 Å². The van der Waals surface area contributed by atoms with Gasteiger partial charge >= 0.3 is 0 Å². The molecule has 1 aliphatic rings. The van der Waals surface area contributed by atoms with Crippen LogP contribution >= 0.6 is 0 Å². The zero-order chi connectivity index (χ0) is 16.4. The maximum absolute atomic E-state index is 12.1. The summed E-state index contributed by atoms with van der Waals surface area (Å²) >= 11 is 0. The number of carbonyl (C=O) groups excluding carboxylic acids is 2. The van der Waals surface area contributed by atoms with Crippen LogP contribution in [0, 0.1) is 11.3 Å². The fraction of sp³-hybridized carbons (Fsp3) is 0.235. The Morgan fingerprint density at radius 1 is 1.39 bits per heavy atom. The minimum atomic E-state index is -0.451. The van der Waals surface area contributed by atoms with Gasteiger partial charge in [0.2, 0.25) is 5.91 Å². The molecule has 0 radical (unpaired) electrons. The number of nitrogens with zero attached hydrogens (tertiary/aromatic N) is 2. The van der Waals surface area contributed by atoms with Crippen molar-refractivity contribution in [1.82, 2.24) is 9.88 Å². The van der Waals surface area contributed by atoms with Crippen LogP contribution in [-0.4, -0.2) is 22.4 Å². The third-order valence-corrected chi connectivity index (χ3v) is 3.72. The van der Waals surface area contributed by atoms with E-state index in [-0.39, 0.29) is 24.1 Å². The summed E-state index contributed by atoms with van der Waals surface area (Å²) < 4.78 is 1.72. The van der Waals surface area contributed by atoms with Crippen molar-refractivity contribution in [1.29, 1.82) is 5.26 Å². The van der Waals surface area contributed by atoms with Crippen molar-refractivity contribution in [2.75, 3.05) is 0 Å². The van der Waals surface area contributed by atoms with E-state index in [0.29, 0.717) is 5.56 Å². The number of nitrogens with two attached hydrogens (primary N) is 1. The largest absolute Gasteiger partial charge is 0.368 e. The second kappa shape index (κ2) is 5.97. The molecule has 6 nitrogen and oxygen atoms in total. The fourth-order valence-corrected chi connectivity index (χ4v) is 2.48. The van der Waals surface area contributed by atoms with Gasteiger partial charge in [0.15, 0.2) is 0 Å². The number of rotatable bonds is 5. The molecule has 0 unspecified atom stereocenters. The van der Waals surface area contributed by atoms with E-state index in [2.05, 4.69) is 5.32 Å². The maximum Gasteiger partial charge on any atom is 0.262 e. The van der Waals surface area contributed by atoms with Crippen molar-refractivity contribution >= 4 is 28.8 Å². The molecule has 1 aromatic heterocycles. The lowest BCUT2D eigenvalue weighted by Crippen LogP contribution is -2.26. The van der Waals surface area contributed by atoms with E-state index in [4.69, 9.17) is 5.73 Å². The van der Waals surface area contributed by atoms with Gasteiger partial charge in [0.05, 0.1) is 0 Å². The Balaban J connectivity index is 2.00. The molecular formula is C17H16N4O2. The summed E-state index contributed by atoms with van der Waals surface area (Å²) in [6.07, 6.45) is 5.21. The number of para-hydroxylation sites is 1. The summed E-state index contributed by atoms with van der Waals surface area (Å²) in [5.41, 5.74) is 6.87. The average Bonchev–Trinajstić information content (AvgIpc) is 3.27. The Kier molecular flexibility index (Phi) is 3.85. The molecule has 6 heteroatoms. The second-order valence-corrected chi connectivity index (χ2v) is 5.61. The van der Waals surface area contributed by atoms with Gasteiger partial charge in [0.25, 0.3) is 5.91 Å². The standard InChI is InChI=1S/C17H16N4O2/c18-8-11(17(23)20-13-5-6-13)7-12-9-21(10-16(19)22)15-4-2-1-3-14(12)15/h1-4,7,9,13H,5-6,10H2,(H2,19,22)(H,20,23)/b11-7+. The first-order valence-corrected chi connectivity index (χ1v) is 7.37. The molecule has 116 valence electrons. The number of nitrogens with one attached hydrogen (secondary N) is 1. The molecule has 1 heterocycles. The zero-order valence-electron chi connectivity index (χ0n) is 12.5. The van der Waals surface area contributed by atoms with Gasteiger partial charge < -0.3 is 15.6 Å². The summed E-state index contributed by atoms with van der Waals surface area (Å²) in [7, 11) is 0. The summed E-state index contributed by atoms with van der Waals surface area (Å²) in [5, 5.41) is 12.9. The van der Waals surface area contributed by atoms with Gasteiger partial charge in [0.1, 0.15) is 18.2 Å². The Labute approximate surface area is 133 Å². The highest BCUT2D eigenvalue weighted by Gasteiger charge is 2.24. The molecule has 0 bridgehead atoms. The van der Waals surface area contributed by atoms with E-state index >= 15 is 0 Å². The SMILES string of the molecule is N#C/C(=C\c1cn(CC(N)=O)c2ccccc12)C(=O)NC1CC1. The van der Waals surface area contributed by atoms with Crippen LogP contribution in [0.3, 0.4) is 0 Å². The normalized spacial score (nSPS) is 14.5. The maximum atomic E-state index is 12.1. The first-order chi connectivity index (χ1) is 11.1. The predicted octanol–water partition coefficient (Wildman–Crippen LogP) is 1.31. The van der Waals surface area contributed by atoms with Crippen molar-refractivity contribution < 1.29 is 9.59 Å². The molecule has 3 N–H and O–H groups in total. The molecule has 0 saturated heterocycles. The molecule has 0 aliphatic heterocycles. The lowest BCUT2D eigenvalue weighted by atomic mass is 10.1. The Morgan fingerprint density at radius 2 is 2.13 bits per heavy atom. The molecular weight excluding hydrogens is 292 g/mol. The number of amides is 2. The Bertz CT molecular complexity index is 853. The highest BCUT2D eigenvalue weighted by atomic mass is 16.2. The highest BCUT2D eigenvalue weighted by molar-refractivity contribution is 6.04. The van der Waals surface area contributed by atoms with Crippen molar-refractivity contribution in [2.45, 2.75) is 25.4 Å². The number of aromatic nitrogens is 1. The van der Waals surface area contributed by atoms with Crippen LogP contribution < -0.4 is 11.1 Å². The topological polar surface area (TPSA) is 101 Å². The predicted molar refractivity (Wildman–Crippen MR) is 85.9 cm³/mol. The van der Waals surface area contributed by atoms with Crippen LogP contribution in [0.1, 0.15) is 18.4 Å². The molecule has 23 heavy (non-hydrogen) atoms. The van der Waals surface area contributed by atoms with Crippen LogP contribution in [0.5, 0.6) is 0 Å². The highest BCUT2D eigenvalue weighted by Crippen LogP contribution is 2.24. The molecule has 0 spiro atoms. The van der Waals surface area contributed by atoms with Gasteiger partial charge in [-0.25, -0.2) is 0 Å². The molecule has 1 fully saturated rings. The minimum absolute atomic E-state index is 0.0461. The Morgan fingerprint density at radius 3 is 2.78 bits per heavy atom. The van der Waals surface area contributed by atoms with Crippen LogP contribution in [0.2, 0.25) is 0 Å². The van der Waals surface area contributed by atoms with E-state index < -0.39 is 5.91 Å². The van der Waals surface area contributed by atoms with Crippen molar-refractivity contribution in [2.24, 2.45) is 5.73 Å². The molecule has 3 rings (SSSR count). The van der Waals surface area contributed by atoms with Crippen LogP contribution in [0.4, 0.5) is 0 Å². The first-order valence-electron chi connectivity index (χ1n) is 7.37. The van der Waals surface area contributed by atoms with Crippen LogP contribution in [0.15, 0.2) is 36.0 Å². The monoisotopic (exact) mass is 308 g/mol.